The molecule has 16 nitrogen and oxygen atoms in total. The van der Waals surface area contributed by atoms with Gasteiger partial charge in [0, 0.05) is 69.0 Å². The Labute approximate surface area is 375 Å². The number of anilines is 1. The molecule has 1 aromatic carbocycles. The van der Waals surface area contributed by atoms with Gasteiger partial charge in [0.05, 0.1) is 5.69 Å². The molecule has 3 N–H and O–H groups in total. The first kappa shape index (κ1) is 50.6. The van der Waals surface area contributed by atoms with Crippen molar-refractivity contribution in [3.05, 3.63) is 102 Å². The van der Waals surface area contributed by atoms with Crippen molar-refractivity contribution in [3.8, 4) is 22.4 Å². The first-order valence-electron chi connectivity index (χ1n) is 19.6. The third kappa shape index (κ3) is 12.1. The molecule has 0 saturated carbocycles. The van der Waals surface area contributed by atoms with E-state index in [0.717, 1.165) is 26.8 Å². The molecule has 21 heteroatoms. The first-order valence-corrected chi connectivity index (χ1v) is 34.3. The van der Waals surface area contributed by atoms with Crippen LogP contribution in [0.25, 0.3) is 22.4 Å². The molecule has 5 aromatic rings. The molecule has 4 aromatic heterocycles. The average Bonchev–Trinajstić information content (AvgIpc) is 3.26. The van der Waals surface area contributed by atoms with Gasteiger partial charge in [0.25, 0.3) is 5.91 Å². The summed E-state index contributed by atoms with van der Waals surface area (Å²) in [6.07, 6.45) is 6.46. The number of nitrogens with zero attached hydrogens (tertiary/aromatic N) is 7. The summed E-state index contributed by atoms with van der Waals surface area (Å²) in [7, 11) is -5.68. The Hall–Kier alpha value is -4.09. The van der Waals surface area contributed by atoms with E-state index in [1.807, 2.05) is 31.2 Å². The van der Waals surface area contributed by atoms with Crippen LogP contribution in [-0.2, 0) is 36.5 Å². The number of carbonyl (C=O) groups is 1. The largest absolute Gasteiger partial charge is 0.383 e. The van der Waals surface area contributed by atoms with E-state index in [2.05, 4.69) is 40.1 Å². The van der Waals surface area contributed by atoms with Gasteiger partial charge >= 0.3 is 108 Å². The molecule has 0 spiro atoms. The smallest absolute Gasteiger partial charge is 0.251 e. The van der Waals surface area contributed by atoms with Gasteiger partial charge in [0.2, 0.25) is 20.0 Å². The van der Waals surface area contributed by atoms with Gasteiger partial charge in [-0.05, 0) is 53.9 Å². The number of nitrogens with two attached hydrogens (primary N) is 1. The van der Waals surface area contributed by atoms with Crippen LogP contribution in [0.4, 0.5) is 5.82 Å². The van der Waals surface area contributed by atoms with E-state index in [-0.39, 0.29) is 25.7 Å². The van der Waals surface area contributed by atoms with Crippen LogP contribution in [0.2, 0.25) is 20.0 Å². The van der Waals surface area contributed by atoms with Crippen LogP contribution in [0, 0.1) is 0 Å². The summed E-state index contributed by atoms with van der Waals surface area (Å²) in [6, 6.07) is 17.1. The molecule has 0 radical (unpaired) electrons. The standard InChI is InChI=1S/C22H23N5O3S.C8H11ClN2O2S.C8H11N2O2S.3CH3.Sn/c1-3-27(2)31(29,30)17-5-7-20(25-13-17)16-11-19(21(23)26-12-16)14-4-6-18-15(10-14)8-9-24-22(18)28;1-3-11(2)14(12,13)7-4-5-8(9)10-6-7;1-3-10(2)13(11,12)8-5-4-6-9-7-8;;;;/h4-7,10-13H,3,8-9H2,1-2H3,(H2,23,26)(H,24,28);4-6H,3H2,1-2H3;4-5,7H,3H2,1-2H3;3*1H3;. The average molecular weight is 1040 g/mol. The van der Waals surface area contributed by atoms with Gasteiger partial charge in [-0.25, -0.2) is 35.4 Å². The molecule has 5 heterocycles. The Bertz CT molecular complexity index is 2690. The summed E-state index contributed by atoms with van der Waals surface area (Å²) in [5, 5.41) is 3.12. The predicted octanol–water partition coefficient (Wildman–Crippen LogP) is 4.96. The number of nitrogen functional groups attached to an aromatic ring is 1. The van der Waals surface area contributed by atoms with Crippen LogP contribution >= 0.6 is 11.6 Å². The zero-order chi connectivity index (χ0) is 46.2. The van der Waals surface area contributed by atoms with Crippen molar-refractivity contribution in [2.75, 3.05) is 53.1 Å². The number of pyridine rings is 4. The van der Waals surface area contributed by atoms with E-state index >= 15 is 0 Å². The zero-order valence-corrected chi connectivity index (χ0v) is 42.3. The summed E-state index contributed by atoms with van der Waals surface area (Å²) in [6.45, 7) is 7.21. The van der Waals surface area contributed by atoms with Crippen molar-refractivity contribution in [1.29, 1.82) is 0 Å². The van der Waals surface area contributed by atoms with Crippen LogP contribution in [0.1, 0.15) is 36.7 Å². The summed E-state index contributed by atoms with van der Waals surface area (Å²) in [4.78, 5) is 36.0. The minimum absolute atomic E-state index is 0.0689. The van der Waals surface area contributed by atoms with Gasteiger partial charge in [-0.3, -0.25) is 9.78 Å². The number of halogens is 1. The second kappa shape index (κ2) is 21.1. The Morgan fingerprint density at radius 3 is 1.61 bits per heavy atom. The first-order chi connectivity index (χ1) is 29.0. The van der Waals surface area contributed by atoms with Crippen molar-refractivity contribution < 1.29 is 30.0 Å². The van der Waals surface area contributed by atoms with Crippen LogP contribution < -0.4 is 14.8 Å². The van der Waals surface area contributed by atoms with E-state index in [9.17, 15) is 30.0 Å². The molecular weight excluding hydrogens is 981 g/mol. The predicted molar refractivity (Wildman–Crippen MR) is 246 cm³/mol. The van der Waals surface area contributed by atoms with Crippen molar-refractivity contribution in [1.82, 2.24) is 38.2 Å². The minimum Gasteiger partial charge on any atom is -0.383 e. The molecule has 62 heavy (non-hydrogen) atoms. The van der Waals surface area contributed by atoms with Crippen LogP contribution in [0.15, 0.2) is 100 Å². The molecule has 0 fully saturated rings. The van der Waals surface area contributed by atoms with E-state index in [1.54, 1.807) is 45.3 Å². The fourth-order valence-corrected chi connectivity index (χ4v) is 12.1. The van der Waals surface area contributed by atoms with Gasteiger partial charge in [0.1, 0.15) is 20.8 Å². The quantitative estimate of drug-likeness (QED) is 0.125. The number of fused-ring (bicyclic) bond motifs is 1. The monoisotopic (exact) mass is 1040 g/mol. The molecule has 0 bridgehead atoms. The normalized spacial score (nSPS) is 13.1. The summed E-state index contributed by atoms with van der Waals surface area (Å²) in [5.41, 5.74) is 10.7. The number of nitrogens with one attached hydrogen (secondary N) is 1. The SMILES string of the molecule is CCN(C)S(=O)(=O)c1cc[c]([Sn]([CH3])([CH3])[CH3])nc1.CCN(C)S(=O)(=O)c1ccc(-c2cnc(N)c(-c3ccc4c(c3)CCNC4=O)c2)nc1.CCN(C)S(=O)(=O)c1ccc(Cl)nc1. The van der Waals surface area contributed by atoms with Gasteiger partial charge in [-0.2, -0.15) is 0 Å². The molecule has 0 saturated heterocycles. The van der Waals surface area contributed by atoms with Gasteiger partial charge in [-0.1, -0.05) is 37.6 Å². The number of sulfonamides is 3. The summed E-state index contributed by atoms with van der Waals surface area (Å²) in [5.74, 6) is 0.299. The summed E-state index contributed by atoms with van der Waals surface area (Å²) < 4.78 is 77.4. The Balaban J connectivity index is 0.000000230. The number of hydrogen-bond donors (Lipinski definition) is 2. The van der Waals surface area contributed by atoms with Crippen molar-refractivity contribution >= 4 is 75.5 Å². The molecule has 0 atom stereocenters. The van der Waals surface area contributed by atoms with Crippen LogP contribution in [0.5, 0.6) is 0 Å². The molecule has 334 valence electrons. The van der Waals surface area contributed by atoms with Gasteiger partial charge in [-0.15, -0.1) is 0 Å². The van der Waals surface area contributed by atoms with Crippen molar-refractivity contribution in [2.24, 2.45) is 0 Å². The molecular formula is C41H54ClN9O7S3Sn. The van der Waals surface area contributed by atoms with Crippen LogP contribution in [0.3, 0.4) is 0 Å². The molecule has 1 aliphatic heterocycles. The molecule has 6 rings (SSSR count). The topological polar surface area (TPSA) is 219 Å². The van der Waals surface area contributed by atoms with E-state index in [1.165, 1.54) is 63.8 Å². The zero-order valence-electron chi connectivity index (χ0n) is 36.3. The van der Waals surface area contributed by atoms with Crippen LogP contribution in [-0.4, -0.2) is 130 Å². The number of rotatable bonds is 12. The Kier molecular flexibility index (Phi) is 17.2. The third-order valence-corrected chi connectivity index (χ3v) is 21.2. The van der Waals surface area contributed by atoms with E-state index < -0.39 is 48.4 Å². The Morgan fingerprint density at radius 1 is 0.645 bits per heavy atom. The molecule has 1 amide bonds. The second-order valence-corrected chi connectivity index (χ2v) is 35.9. The number of hydrogen-bond acceptors (Lipinski definition) is 12. The van der Waals surface area contributed by atoms with Gasteiger partial charge in [0.15, 0.2) is 0 Å². The fourth-order valence-electron chi connectivity index (χ4n) is 5.69. The maximum atomic E-state index is 12.5. The molecule has 1 aliphatic rings. The molecule has 0 aliphatic carbocycles. The molecule has 0 unspecified atom stereocenters. The number of aromatic nitrogens is 4. The van der Waals surface area contributed by atoms with E-state index in [0.29, 0.717) is 48.8 Å². The number of carbonyl (C=O) groups excluding carboxylic acids is 1. The summed E-state index contributed by atoms with van der Waals surface area (Å²) >= 11 is 3.37. The fraction of sp³-hybridized carbons (Fsp3) is 0.341. The maximum Gasteiger partial charge on any atom is 0.251 e. The van der Waals surface area contributed by atoms with Crippen molar-refractivity contribution in [3.63, 3.8) is 0 Å². The third-order valence-electron chi connectivity index (χ3n) is 9.96. The second-order valence-electron chi connectivity index (χ2n) is 15.1. The van der Waals surface area contributed by atoms with Crippen molar-refractivity contribution in [2.45, 2.75) is 56.7 Å². The van der Waals surface area contributed by atoms with Gasteiger partial charge < -0.3 is 11.1 Å². The van der Waals surface area contributed by atoms with E-state index in [4.69, 9.17) is 17.3 Å². The number of amides is 1. The number of benzene rings is 1. The minimum atomic E-state index is -3.56. The Morgan fingerprint density at radius 2 is 1.16 bits per heavy atom. The maximum absolute atomic E-state index is 12.5.